The molecule has 4 aromatic rings. The molecule has 0 saturated carbocycles. The van der Waals surface area contributed by atoms with Crippen LogP contribution in [0.4, 0.5) is 17.6 Å². The van der Waals surface area contributed by atoms with Crippen LogP contribution >= 0.6 is 0 Å². The zero-order valence-corrected chi connectivity index (χ0v) is 19.7. The molecule has 0 fully saturated rings. The first-order valence-electron chi connectivity index (χ1n) is 11.5. The summed E-state index contributed by atoms with van der Waals surface area (Å²) in [5, 5.41) is 8.53. The lowest BCUT2D eigenvalue weighted by molar-refractivity contribution is -0.137. The van der Waals surface area contributed by atoms with Crippen molar-refractivity contribution < 1.29 is 17.6 Å². The molecule has 2 aromatic carbocycles. The summed E-state index contributed by atoms with van der Waals surface area (Å²) in [5.74, 6) is -0.484. The van der Waals surface area contributed by atoms with E-state index in [-0.39, 0.29) is 11.1 Å². The maximum atomic E-state index is 15.0. The van der Waals surface area contributed by atoms with E-state index in [0.29, 0.717) is 54.7 Å². The second-order valence-corrected chi connectivity index (χ2v) is 9.36. The average molecular weight is 497 g/mol. The number of aromatic nitrogens is 5. The number of fused-ring (bicyclic) bond motifs is 1. The maximum Gasteiger partial charge on any atom is 0.416 e. The summed E-state index contributed by atoms with van der Waals surface area (Å²) in [6, 6.07) is 11.8. The van der Waals surface area contributed by atoms with Gasteiger partial charge in [-0.25, -0.2) is 14.1 Å². The minimum absolute atomic E-state index is 0.104. The zero-order chi connectivity index (χ0) is 25.7. The Morgan fingerprint density at radius 3 is 2.56 bits per heavy atom. The Kier molecular flexibility index (Phi) is 5.77. The van der Waals surface area contributed by atoms with Gasteiger partial charge in [0.2, 0.25) is 0 Å². The number of alkyl halides is 3. The van der Waals surface area contributed by atoms with Gasteiger partial charge in [0, 0.05) is 18.1 Å². The molecule has 1 N–H and O–H groups in total. The molecule has 0 amide bonds. The van der Waals surface area contributed by atoms with Gasteiger partial charge in [0.05, 0.1) is 16.8 Å². The number of nitrogens with one attached hydrogen (secondary N) is 1. The van der Waals surface area contributed by atoms with Crippen molar-refractivity contribution in [1.29, 1.82) is 0 Å². The average Bonchev–Trinajstić information content (AvgIpc) is 3.25. The minimum Gasteiger partial charge on any atom is -0.310 e. The smallest absolute Gasteiger partial charge is 0.310 e. The number of aromatic amines is 1. The van der Waals surface area contributed by atoms with Gasteiger partial charge in [-0.05, 0) is 50.8 Å². The lowest BCUT2D eigenvalue weighted by Crippen LogP contribution is -2.38. The summed E-state index contributed by atoms with van der Waals surface area (Å²) in [5.41, 5.74) is 1.19. The van der Waals surface area contributed by atoms with Gasteiger partial charge in [0.1, 0.15) is 23.0 Å². The number of hydrogen-bond donors (Lipinski definition) is 1. The molecule has 2 aromatic heterocycles. The van der Waals surface area contributed by atoms with Crippen molar-refractivity contribution in [1.82, 2.24) is 25.0 Å². The van der Waals surface area contributed by atoms with Crippen molar-refractivity contribution in [2.75, 3.05) is 0 Å². The Hall–Kier alpha value is -3.82. The number of H-pyrrole nitrogens is 1. The molecule has 186 valence electrons. The van der Waals surface area contributed by atoms with Crippen molar-refractivity contribution in [3.05, 3.63) is 98.5 Å². The second kappa shape index (κ2) is 8.69. The van der Waals surface area contributed by atoms with Crippen molar-refractivity contribution in [3.8, 4) is 11.4 Å². The van der Waals surface area contributed by atoms with Crippen LogP contribution in [0.25, 0.3) is 11.4 Å². The SMILES string of the molecule is Cc1ccc(Cc2nc(-c3nnn4c3CCC[C@]4(C)c3ccc(C(F)(F)F)cc3F)cc(=O)[nH]2)cc1. The van der Waals surface area contributed by atoms with E-state index in [2.05, 4.69) is 20.3 Å². The third-order valence-corrected chi connectivity index (χ3v) is 6.71. The molecule has 0 radical (unpaired) electrons. The van der Waals surface area contributed by atoms with E-state index in [4.69, 9.17) is 0 Å². The Morgan fingerprint density at radius 1 is 1.11 bits per heavy atom. The Balaban J connectivity index is 1.54. The molecule has 0 aliphatic carbocycles. The van der Waals surface area contributed by atoms with E-state index in [1.807, 2.05) is 31.2 Å². The molecule has 1 aliphatic heterocycles. The fourth-order valence-electron chi connectivity index (χ4n) is 4.82. The Morgan fingerprint density at radius 2 is 1.86 bits per heavy atom. The summed E-state index contributed by atoms with van der Waals surface area (Å²) in [7, 11) is 0. The summed E-state index contributed by atoms with van der Waals surface area (Å²) in [6.07, 6.45) is -2.56. The highest BCUT2D eigenvalue weighted by Gasteiger charge is 2.40. The van der Waals surface area contributed by atoms with E-state index < -0.39 is 23.1 Å². The van der Waals surface area contributed by atoms with Gasteiger partial charge < -0.3 is 4.98 Å². The third kappa shape index (κ3) is 4.31. The first kappa shape index (κ1) is 23.9. The van der Waals surface area contributed by atoms with E-state index in [9.17, 15) is 22.4 Å². The number of nitrogens with zero attached hydrogens (tertiary/aromatic N) is 4. The monoisotopic (exact) mass is 497 g/mol. The molecule has 5 rings (SSSR count). The van der Waals surface area contributed by atoms with E-state index in [1.54, 1.807) is 11.6 Å². The number of rotatable bonds is 4. The van der Waals surface area contributed by atoms with Crippen LogP contribution in [-0.4, -0.2) is 25.0 Å². The van der Waals surface area contributed by atoms with Crippen molar-refractivity contribution in [2.45, 2.75) is 51.2 Å². The Labute approximate surface area is 204 Å². The lowest BCUT2D eigenvalue weighted by Gasteiger charge is -2.35. The maximum absolute atomic E-state index is 15.0. The molecule has 36 heavy (non-hydrogen) atoms. The van der Waals surface area contributed by atoms with Gasteiger partial charge in [-0.1, -0.05) is 41.1 Å². The fraction of sp³-hybridized carbons (Fsp3) is 0.308. The molecule has 6 nitrogen and oxygen atoms in total. The van der Waals surface area contributed by atoms with Crippen LogP contribution in [0.1, 0.15) is 53.5 Å². The highest BCUT2D eigenvalue weighted by molar-refractivity contribution is 5.57. The minimum atomic E-state index is -4.64. The van der Waals surface area contributed by atoms with Crippen molar-refractivity contribution in [2.24, 2.45) is 0 Å². The van der Waals surface area contributed by atoms with Crippen LogP contribution in [0, 0.1) is 12.7 Å². The van der Waals surface area contributed by atoms with Crippen LogP contribution in [0.5, 0.6) is 0 Å². The molecule has 1 atom stereocenters. The largest absolute Gasteiger partial charge is 0.416 e. The molecular formula is C26H23F4N5O. The summed E-state index contributed by atoms with van der Waals surface area (Å²) < 4.78 is 55.7. The normalized spacial score (nSPS) is 17.7. The van der Waals surface area contributed by atoms with Crippen molar-refractivity contribution in [3.63, 3.8) is 0 Å². The zero-order valence-electron chi connectivity index (χ0n) is 19.7. The van der Waals surface area contributed by atoms with Crippen LogP contribution < -0.4 is 5.56 Å². The first-order chi connectivity index (χ1) is 17.0. The molecule has 0 spiro atoms. The van der Waals surface area contributed by atoms with Crippen molar-refractivity contribution >= 4 is 0 Å². The lowest BCUT2D eigenvalue weighted by atomic mass is 9.82. The van der Waals surface area contributed by atoms with Gasteiger partial charge >= 0.3 is 6.18 Å². The molecule has 10 heteroatoms. The summed E-state index contributed by atoms with van der Waals surface area (Å²) >= 11 is 0. The number of aryl methyl sites for hydroxylation is 1. The summed E-state index contributed by atoms with van der Waals surface area (Å²) in [6.45, 7) is 3.72. The summed E-state index contributed by atoms with van der Waals surface area (Å²) in [4.78, 5) is 19.8. The van der Waals surface area contributed by atoms with Gasteiger partial charge in [-0.15, -0.1) is 5.10 Å². The molecule has 0 bridgehead atoms. The van der Waals surface area contributed by atoms with Gasteiger partial charge in [0.25, 0.3) is 5.56 Å². The predicted octanol–water partition coefficient (Wildman–Crippen LogP) is 5.19. The fourth-order valence-corrected chi connectivity index (χ4v) is 4.82. The van der Waals surface area contributed by atoms with Gasteiger partial charge in [-0.3, -0.25) is 4.79 Å². The molecule has 0 unspecified atom stereocenters. The highest BCUT2D eigenvalue weighted by Crippen LogP contribution is 2.41. The van der Waals surface area contributed by atoms with Gasteiger partial charge in [0.15, 0.2) is 0 Å². The van der Waals surface area contributed by atoms with Crippen LogP contribution in [0.3, 0.4) is 0 Å². The van der Waals surface area contributed by atoms with Crippen LogP contribution in [0.2, 0.25) is 0 Å². The Bertz CT molecular complexity index is 1490. The van der Waals surface area contributed by atoms with E-state index >= 15 is 0 Å². The second-order valence-electron chi connectivity index (χ2n) is 9.36. The van der Waals surface area contributed by atoms with E-state index in [0.717, 1.165) is 17.2 Å². The number of halogens is 4. The molecule has 3 heterocycles. The number of hydrogen-bond acceptors (Lipinski definition) is 4. The molecule has 0 saturated heterocycles. The first-order valence-corrected chi connectivity index (χ1v) is 11.5. The third-order valence-electron chi connectivity index (χ3n) is 6.71. The topological polar surface area (TPSA) is 76.5 Å². The predicted molar refractivity (Wildman–Crippen MR) is 125 cm³/mol. The van der Waals surface area contributed by atoms with Crippen LogP contribution in [-0.2, 0) is 24.6 Å². The van der Waals surface area contributed by atoms with Gasteiger partial charge in [-0.2, -0.15) is 13.2 Å². The van der Waals surface area contributed by atoms with Crippen LogP contribution in [0.15, 0.2) is 53.3 Å². The highest BCUT2D eigenvalue weighted by atomic mass is 19.4. The number of benzene rings is 2. The van der Waals surface area contributed by atoms with E-state index in [1.165, 1.54) is 12.1 Å². The molecule has 1 aliphatic rings. The standard InChI is InChI=1S/C26H23F4N5O/c1-15-5-7-16(8-6-15)12-22-31-20(14-23(36)32-22)24-21-4-3-11-25(2,35(21)34-33-24)18-10-9-17(13-19(18)27)26(28,29)30/h5-10,13-14H,3-4,11-12H2,1-2H3,(H,31,32,36)/t25-/m1/s1. The quantitative estimate of drug-likeness (QED) is 0.394. The molecular weight excluding hydrogens is 474 g/mol.